The van der Waals surface area contributed by atoms with Crippen molar-refractivity contribution in [1.29, 1.82) is 0 Å². The molecule has 4 rings (SSSR count). The van der Waals surface area contributed by atoms with Gasteiger partial charge in [-0.3, -0.25) is 0 Å². The molecule has 0 amide bonds. The molecule has 13 heteroatoms. The first-order valence-electron chi connectivity index (χ1n) is 22.1. The first-order valence-corrected chi connectivity index (χ1v) is 22.1. The summed E-state index contributed by atoms with van der Waals surface area (Å²) in [4.78, 5) is 0. The van der Waals surface area contributed by atoms with Crippen LogP contribution in [0.1, 0.15) is 33.4 Å². The van der Waals surface area contributed by atoms with Gasteiger partial charge in [0.1, 0.15) is 0 Å². The highest BCUT2D eigenvalue weighted by Gasteiger charge is 2.05. The average Bonchev–Trinajstić information content (AvgIpc) is 3.32. The van der Waals surface area contributed by atoms with Crippen LogP contribution in [-0.2, 0) is 101 Å². The van der Waals surface area contributed by atoms with Gasteiger partial charge < -0.3 is 61.6 Å². The van der Waals surface area contributed by atoms with Crippen molar-refractivity contribution in [3.8, 4) is 0 Å². The smallest absolute Gasteiger partial charge is 0.0718 e. The van der Waals surface area contributed by atoms with Crippen LogP contribution in [0.4, 0.5) is 0 Å². The monoisotopic (exact) mass is 878 g/mol. The van der Waals surface area contributed by atoms with E-state index in [1.165, 1.54) is 0 Å². The molecule has 0 atom stereocenters. The van der Waals surface area contributed by atoms with E-state index in [9.17, 15) is 0 Å². The predicted molar refractivity (Wildman–Crippen MR) is 239 cm³/mol. The van der Waals surface area contributed by atoms with Crippen LogP contribution in [0.15, 0.2) is 109 Å². The Morgan fingerprint density at radius 2 is 0.333 bits per heavy atom. The van der Waals surface area contributed by atoms with E-state index in [1.54, 1.807) is 0 Å². The minimum absolute atomic E-state index is 0.453. The van der Waals surface area contributed by atoms with E-state index in [4.69, 9.17) is 61.6 Å². The van der Waals surface area contributed by atoms with Crippen LogP contribution in [0.25, 0.3) is 0 Å². The quantitative estimate of drug-likeness (QED) is 0.0426. The first-order chi connectivity index (χ1) is 31.3. The molecule has 63 heavy (non-hydrogen) atoms. The summed E-state index contributed by atoms with van der Waals surface area (Å²) < 4.78 is 74.0. The fraction of sp³-hybridized carbons (Fsp3) is 0.520. The Hall–Kier alpha value is -3.64. The van der Waals surface area contributed by atoms with Gasteiger partial charge in [0.05, 0.1) is 172 Å². The summed E-state index contributed by atoms with van der Waals surface area (Å²) in [5.74, 6) is 0. The fourth-order valence-electron chi connectivity index (χ4n) is 5.85. The maximum absolute atomic E-state index is 5.95. The molecular weight excluding hydrogens is 809 g/mol. The normalized spacial score (nSPS) is 11.4. The third-order valence-electron chi connectivity index (χ3n) is 8.97. The molecule has 0 N–H and O–H groups in total. The summed E-state index contributed by atoms with van der Waals surface area (Å²) in [6.07, 6.45) is 0. The number of hydrogen-bond acceptors (Lipinski definition) is 13. The molecule has 13 nitrogen and oxygen atoms in total. The van der Waals surface area contributed by atoms with Crippen LogP contribution in [-0.4, -0.2) is 132 Å². The van der Waals surface area contributed by atoms with Crippen molar-refractivity contribution in [3.63, 3.8) is 0 Å². The van der Waals surface area contributed by atoms with Crippen molar-refractivity contribution < 1.29 is 61.6 Å². The van der Waals surface area contributed by atoms with E-state index < -0.39 is 0 Å². The first kappa shape index (κ1) is 52.0. The fourth-order valence-corrected chi connectivity index (χ4v) is 5.85. The predicted octanol–water partition coefficient (Wildman–Crippen LogP) is 7.00. The van der Waals surface area contributed by atoms with Crippen molar-refractivity contribution in [1.82, 2.24) is 0 Å². The van der Waals surface area contributed by atoms with Gasteiger partial charge in [0.25, 0.3) is 0 Å². The molecule has 348 valence electrons. The Kier molecular flexibility index (Phi) is 31.1. The van der Waals surface area contributed by atoms with Gasteiger partial charge in [-0.25, -0.2) is 0 Å². The molecule has 4 aromatic rings. The van der Waals surface area contributed by atoms with Gasteiger partial charge in [-0.15, -0.1) is 0 Å². The SMILES string of the molecule is c1ccc(COCCOCCOCCOCCOCCOCCOCCOCCOCc2cc(COCCOCc3ccccc3)cc(COCCOCc3ccccc3)c2)cc1. The van der Waals surface area contributed by atoms with Gasteiger partial charge in [0.2, 0.25) is 0 Å². The molecular formula is C50H70O13. The Balaban J connectivity index is 0.920. The second kappa shape index (κ2) is 37.7. The second-order valence-electron chi connectivity index (χ2n) is 14.2. The number of benzene rings is 4. The highest BCUT2D eigenvalue weighted by Crippen LogP contribution is 2.15. The lowest BCUT2D eigenvalue weighted by molar-refractivity contribution is -0.0257. The van der Waals surface area contributed by atoms with E-state index >= 15 is 0 Å². The molecule has 0 bridgehead atoms. The number of rotatable bonds is 42. The molecule has 0 aliphatic carbocycles. The molecule has 0 spiro atoms. The Morgan fingerprint density at radius 3 is 0.524 bits per heavy atom. The largest absolute Gasteiger partial charge is 0.377 e. The Morgan fingerprint density at radius 1 is 0.175 bits per heavy atom. The molecule has 0 saturated heterocycles. The lowest BCUT2D eigenvalue weighted by Crippen LogP contribution is -2.15. The van der Waals surface area contributed by atoms with Gasteiger partial charge in [-0.2, -0.15) is 0 Å². The third-order valence-corrected chi connectivity index (χ3v) is 8.97. The van der Waals surface area contributed by atoms with E-state index in [1.807, 2.05) is 66.7 Å². The second-order valence-corrected chi connectivity index (χ2v) is 14.2. The minimum atomic E-state index is 0.453. The molecule has 4 aromatic carbocycles. The molecule has 0 saturated carbocycles. The Labute approximate surface area is 375 Å². The van der Waals surface area contributed by atoms with E-state index in [0.717, 1.165) is 33.4 Å². The molecule has 0 aliphatic heterocycles. The summed E-state index contributed by atoms with van der Waals surface area (Å²) in [5.41, 5.74) is 6.61. The van der Waals surface area contributed by atoms with Gasteiger partial charge in [0.15, 0.2) is 0 Å². The lowest BCUT2D eigenvalue weighted by Gasteiger charge is -2.12. The van der Waals surface area contributed by atoms with Gasteiger partial charge >= 0.3 is 0 Å². The topological polar surface area (TPSA) is 120 Å². The van der Waals surface area contributed by atoms with Crippen LogP contribution in [0.2, 0.25) is 0 Å². The third kappa shape index (κ3) is 28.7. The zero-order valence-corrected chi connectivity index (χ0v) is 37.1. The standard InChI is InChI=1S/C50H70O13/c1-4-10-45(11-5-1)39-58-30-28-56-26-24-54-22-20-52-18-16-51-17-19-53-21-23-55-25-27-57-29-31-61-42-48-36-49(43-62-34-32-59-40-46-12-6-2-7-13-46)38-50(37-48)44-63-35-33-60-41-47-14-8-3-9-15-47/h1-15,36-38H,16-35,39-44H2. The van der Waals surface area contributed by atoms with Crippen LogP contribution in [0.5, 0.6) is 0 Å². The molecule has 0 fully saturated rings. The maximum atomic E-state index is 5.95. The van der Waals surface area contributed by atoms with Crippen LogP contribution in [0.3, 0.4) is 0 Å². The average molecular weight is 879 g/mol. The van der Waals surface area contributed by atoms with Crippen molar-refractivity contribution >= 4 is 0 Å². The van der Waals surface area contributed by atoms with E-state index in [-0.39, 0.29) is 0 Å². The summed E-state index contributed by atoms with van der Waals surface area (Å²) >= 11 is 0. The van der Waals surface area contributed by atoms with Crippen molar-refractivity contribution in [2.75, 3.05) is 132 Å². The lowest BCUT2D eigenvalue weighted by atomic mass is 10.1. The van der Waals surface area contributed by atoms with Crippen molar-refractivity contribution in [2.45, 2.75) is 39.6 Å². The number of ether oxygens (including phenoxy) is 13. The highest BCUT2D eigenvalue weighted by molar-refractivity contribution is 5.29. The molecule has 0 heterocycles. The minimum Gasteiger partial charge on any atom is -0.377 e. The van der Waals surface area contributed by atoms with Crippen molar-refractivity contribution in [2.24, 2.45) is 0 Å². The van der Waals surface area contributed by atoms with Gasteiger partial charge in [0, 0.05) is 0 Å². The molecule has 0 aromatic heterocycles. The van der Waals surface area contributed by atoms with E-state index in [2.05, 4.69) is 42.5 Å². The van der Waals surface area contributed by atoms with Crippen LogP contribution >= 0.6 is 0 Å². The highest BCUT2D eigenvalue weighted by atomic mass is 16.6. The summed E-state index contributed by atoms with van der Waals surface area (Å²) in [7, 11) is 0. The van der Waals surface area contributed by atoms with Gasteiger partial charge in [-0.05, 0) is 33.4 Å². The van der Waals surface area contributed by atoms with Crippen molar-refractivity contribution in [3.05, 3.63) is 143 Å². The van der Waals surface area contributed by atoms with Crippen LogP contribution < -0.4 is 0 Å². The number of hydrogen-bond donors (Lipinski definition) is 0. The van der Waals surface area contributed by atoms with Gasteiger partial charge in [-0.1, -0.05) is 109 Å². The zero-order chi connectivity index (χ0) is 43.8. The summed E-state index contributed by atoms with van der Waals surface area (Å²) in [5, 5.41) is 0. The van der Waals surface area contributed by atoms with Crippen LogP contribution in [0, 0.1) is 0 Å². The zero-order valence-electron chi connectivity index (χ0n) is 37.1. The summed E-state index contributed by atoms with van der Waals surface area (Å²) in [6.45, 7) is 13.2. The Bertz CT molecular complexity index is 1530. The molecule has 0 unspecified atom stereocenters. The maximum Gasteiger partial charge on any atom is 0.0718 e. The van der Waals surface area contributed by atoms with E-state index in [0.29, 0.717) is 172 Å². The molecule has 0 radical (unpaired) electrons. The molecule has 0 aliphatic rings. The summed E-state index contributed by atoms with van der Waals surface area (Å²) in [6, 6.07) is 36.7.